The molecule has 0 saturated heterocycles. The summed E-state index contributed by atoms with van der Waals surface area (Å²) >= 11 is 1.11. The summed E-state index contributed by atoms with van der Waals surface area (Å²) in [7, 11) is 0. The summed E-state index contributed by atoms with van der Waals surface area (Å²) in [5, 5.41) is 14.5. The van der Waals surface area contributed by atoms with Crippen molar-refractivity contribution in [1.29, 1.82) is 0 Å². The Labute approximate surface area is 174 Å². The molecule has 7 nitrogen and oxygen atoms in total. The standard InChI is InChI=1S/C21H26N2O5S/c1-13(2)11-16(23-21(27)28-12-15-7-5-4-6-8-15)19(24)22-14(3)17-9-10-18(29-17)20(25)26/h4-10,13-14,16H,11-12H2,1-3H3,(H,22,24)(H,23,27)(H,25,26)/t14?,16-/m0/s1. The highest BCUT2D eigenvalue weighted by Crippen LogP contribution is 2.23. The lowest BCUT2D eigenvalue weighted by Crippen LogP contribution is -2.48. The number of aromatic carboxylic acids is 1. The summed E-state index contributed by atoms with van der Waals surface area (Å²) in [6, 6.07) is 11.3. The number of benzene rings is 1. The monoisotopic (exact) mass is 418 g/mol. The minimum Gasteiger partial charge on any atom is -0.477 e. The molecule has 1 aromatic carbocycles. The van der Waals surface area contributed by atoms with E-state index in [1.807, 2.05) is 44.2 Å². The molecule has 3 N–H and O–H groups in total. The Balaban J connectivity index is 1.95. The molecular formula is C21H26N2O5S. The van der Waals surface area contributed by atoms with Crippen LogP contribution in [-0.2, 0) is 16.1 Å². The predicted molar refractivity (Wildman–Crippen MR) is 111 cm³/mol. The molecule has 2 atom stereocenters. The zero-order valence-electron chi connectivity index (χ0n) is 16.7. The van der Waals surface area contributed by atoms with Crippen LogP contribution >= 0.6 is 11.3 Å². The fourth-order valence-electron chi connectivity index (χ4n) is 2.70. The van der Waals surface area contributed by atoms with Crippen LogP contribution in [0.15, 0.2) is 42.5 Å². The summed E-state index contributed by atoms with van der Waals surface area (Å²) in [5.41, 5.74) is 0.855. The number of rotatable bonds is 9. The Morgan fingerprint density at radius 1 is 1.03 bits per heavy atom. The van der Waals surface area contributed by atoms with E-state index in [4.69, 9.17) is 9.84 Å². The molecule has 2 rings (SSSR count). The van der Waals surface area contributed by atoms with Gasteiger partial charge in [-0.1, -0.05) is 44.2 Å². The number of alkyl carbamates (subject to hydrolysis) is 1. The number of hydrogen-bond donors (Lipinski definition) is 3. The Kier molecular flexibility index (Phi) is 8.21. The van der Waals surface area contributed by atoms with E-state index < -0.39 is 18.1 Å². The number of carboxylic acid groups (broad SMARTS) is 1. The number of nitrogens with one attached hydrogen (secondary N) is 2. The molecule has 2 amide bonds. The topological polar surface area (TPSA) is 105 Å². The van der Waals surface area contributed by atoms with Crippen molar-refractivity contribution in [2.24, 2.45) is 5.92 Å². The minimum absolute atomic E-state index is 0.117. The van der Waals surface area contributed by atoms with Crippen molar-refractivity contribution in [3.05, 3.63) is 57.8 Å². The van der Waals surface area contributed by atoms with E-state index in [0.29, 0.717) is 6.42 Å². The molecule has 1 aromatic heterocycles. The molecule has 0 saturated carbocycles. The van der Waals surface area contributed by atoms with Gasteiger partial charge in [0.15, 0.2) is 0 Å². The van der Waals surface area contributed by atoms with Crippen molar-refractivity contribution in [1.82, 2.24) is 10.6 Å². The zero-order chi connectivity index (χ0) is 21.4. The number of hydrogen-bond acceptors (Lipinski definition) is 5. The molecule has 1 heterocycles. The van der Waals surface area contributed by atoms with Crippen LogP contribution in [0.3, 0.4) is 0 Å². The van der Waals surface area contributed by atoms with E-state index >= 15 is 0 Å². The van der Waals surface area contributed by atoms with Gasteiger partial charge in [-0.3, -0.25) is 4.79 Å². The second-order valence-electron chi connectivity index (χ2n) is 7.13. The van der Waals surface area contributed by atoms with Crippen molar-refractivity contribution >= 4 is 29.3 Å². The van der Waals surface area contributed by atoms with Gasteiger partial charge in [0.2, 0.25) is 5.91 Å². The molecule has 0 radical (unpaired) electrons. The van der Waals surface area contributed by atoms with Crippen LogP contribution < -0.4 is 10.6 Å². The van der Waals surface area contributed by atoms with Crippen LogP contribution in [0.5, 0.6) is 0 Å². The van der Waals surface area contributed by atoms with Crippen LogP contribution in [0, 0.1) is 5.92 Å². The normalized spacial score (nSPS) is 12.8. The van der Waals surface area contributed by atoms with Gasteiger partial charge in [0.25, 0.3) is 0 Å². The van der Waals surface area contributed by atoms with Gasteiger partial charge in [0, 0.05) is 4.88 Å². The average molecular weight is 419 g/mol. The van der Waals surface area contributed by atoms with Crippen LogP contribution in [-0.4, -0.2) is 29.1 Å². The summed E-state index contributed by atoms with van der Waals surface area (Å²) in [5.74, 6) is -1.16. The molecule has 0 spiro atoms. The van der Waals surface area contributed by atoms with Crippen LogP contribution in [0.25, 0.3) is 0 Å². The Morgan fingerprint density at radius 3 is 2.31 bits per heavy atom. The van der Waals surface area contributed by atoms with E-state index in [-0.39, 0.29) is 29.4 Å². The maximum absolute atomic E-state index is 12.7. The molecule has 0 aliphatic rings. The minimum atomic E-state index is -1.000. The molecule has 0 bridgehead atoms. The molecule has 2 aromatic rings. The summed E-state index contributed by atoms with van der Waals surface area (Å²) in [4.78, 5) is 36.9. The third-order valence-corrected chi connectivity index (χ3v) is 5.41. The first-order valence-electron chi connectivity index (χ1n) is 9.37. The highest BCUT2D eigenvalue weighted by atomic mass is 32.1. The quantitative estimate of drug-likeness (QED) is 0.572. The first-order valence-corrected chi connectivity index (χ1v) is 10.2. The second kappa shape index (κ2) is 10.6. The van der Waals surface area contributed by atoms with Gasteiger partial charge in [0.1, 0.15) is 17.5 Å². The third kappa shape index (κ3) is 7.23. The second-order valence-corrected chi connectivity index (χ2v) is 8.24. The van der Waals surface area contributed by atoms with E-state index in [1.165, 1.54) is 6.07 Å². The maximum atomic E-state index is 12.7. The smallest absolute Gasteiger partial charge is 0.408 e. The van der Waals surface area contributed by atoms with Gasteiger partial charge < -0.3 is 20.5 Å². The molecular weight excluding hydrogens is 392 g/mol. The van der Waals surface area contributed by atoms with Crippen LogP contribution in [0.2, 0.25) is 0 Å². The van der Waals surface area contributed by atoms with Gasteiger partial charge in [0.05, 0.1) is 6.04 Å². The van der Waals surface area contributed by atoms with Gasteiger partial charge in [-0.15, -0.1) is 11.3 Å². The number of thiophene rings is 1. The Morgan fingerprint density at radius 2 is 1.72 bits per heavy atom. The van der Waals surface area contributed by atoms with Crippen molar-refractivity contribution in [3.8, 4) is 0 Å². The van der Waals surface area contributed by atoms with Gasteiger partial charge >= 0.3 is 12.1 Å². The molecule has 0 fully saturated rings. The molecule has 8 heteroatoms. The highest BCUT2D eigenvalue weighted by molar-refractivity contribution is 7.14. The maximum Gasteiger partial charge on any atom is 0.408 e. The molecule has 156 valence electrons. The fourth-order valence-corrected chi connectivity index (χ4v) is 3.54. The molecule has 0 aliphatic heterocycles. The first kappa shape index (κ1) is 22.4. The van der Waals surface area contributed by atoms with Gasteiger partial charge in [-0.05, 0) is 37.0 Å². The van der Waals surface area contributed by atoms with E-state index in [1.54, 1.807) is 13.0 Å². The number of carbonyl (C=O) groups excluding carboxylic acids is 2. The lowest BCUT2D eigenvalue weighted by atomic mass is 10.0. The predicted octanol–water partition coefficient (Wildman–Crippen LogP) is 3.96. The summed E-state index contributed by atoms with van der Waals surface area (Å²) in [6.45, 7) is 5.81. The van der Waals surface area contributed by atoms with E-state index in [9.17, 15) is 14.4 Å². The molecule has 1 unspecified atom stereocenters. The summed E-state index contributed by atoms with van der Waals surface area (Å²) in [6.07, 6.45) is -0.212. The third-order valence-electron chi connectivity index (χ3n) is 4.15. The van der Waals surface area contributed by atoms with Crippen molar-refractivity contribution in [3.63, 3.8) is 0 Å². The Bertz CT molecular complexity index is 835. The number of amides is 2. The largest absolute Gasteiger partial charge is 0.477 e. The SMILES string of the molecule is CC(C)C[C@H](NC(=O)OCc1ccccc1)C(=O)NC(C)c1ccc(C(=O)O)s1. The highest BCUT2D eigenvalue weighted by Gasteiger charge is 2.25. The van der Waals surface area contributed by atoms with Crippen LogP contribution in [0.1, 0.15) is 53.3 Å². The Hall–Kier alpha value is -2.87. The number of carboxylic acids is 1. The van der Waals surface area contributed by atoms with Crippen LogP contribution in [0.4, 0.5) is 4.79 Å². The van der Waals surface area contributed by atoms with E-state index in [0.717, 1.165) is 21.8 Å². The van der Waals surface area contributed by atoms with Gasteiger partial charge in [-0.2, -0.15) is 0 Å². The van der Waals surface area contributed by atoms with Crippen molar-refractivity contribution in [2.45, 2.75) is 45.9 Å². The van der Waals surface area contributed by atoms with E-state index in [2.05, 4.69) is 10.6 Å². The number of ether oxygens (including phenoxy) is 1. The van der Waals surface area contributed by atoms with Crippen molar-refractivity contribution in [2.75, 3.05) is 0 Å². The number of carbonyl (C=O) groups is 3. The summed E-state index contributed by atoms with van der Waals surface area (Å²) < 4.78 is 5.22. The first-order chi connectivity index (χ1) is 13.8. The van der Waals surface area contributed by atoms with Gasteiger partial charge in [-0.25, -0.2) is 9.59 Å². The molecule has 29 heavy (non-hydrogen) atoms. The zero-order valence-corrected chi connectivity index (χ0v) is 17.5. The lowest BCUT2D eigenvalue weighted by Gasteiger charge is -2.22. The van der Waals surface area contributed by atoms with Crippen molar-refractivity contribution < 1.29 is 24.2 Å². The average Bonchev–Trinajstić information content (AvgIpc) is 3.17. The fraction of sp³-hybridized carbons (Fsp3) is 0.381. The molecule has 0 aliphatic carbocycles. The lowest BCUT2D eigenvalue weighted by molar-refractivity contribution is -0.124.